The van der Waals surface area contributed by atoms with Gasteiger partial charge in [0.15, 0.2) is 0 Å². The lowest BCUT2D eigenvalue weighted by molar-refractivity contribution is 0.668. The van der Waals surface area contributed by atoms with E-state index in [0.717, 1.165) is 27.6 Å². The summed E-state index contributed by atoms with van der Waals surface area (Å²) in [7, 11) is 27.6. The van der Waals surface area contributed by atoms with Crippen LogP contribution < -0.4 is 65.6 Å². The number of furan rings is 1. The van der Waals surface area contributed by atoms with Gasteiger partial charge in [-0.15, -0.1) is 0 Å². The zero-order chi connectivity index (χ0) is 43.9. The number of hydrogen-bond donors (Lipinski definition) is 0. The second-order valence-corrected chi connectivity index (χ2v) is 18.7. The van der Waals surface area contributed by atoms with Crippen molar-refractivity contribution in [1.29, 1.82) is 0 Å². The second kappa shape index (κ2) is 14.2. The molecule has 0 aliphatic carbocycles. The standard InChI is InChI=1S/C48H42B12N2O/c49-26-7-3-1-5-21(26)19-9-12-34(27(50)13-19)62-47-31(54)16-25(42(58)38(47)40-44(60)29(52)18-33(56)48(40)62)24-15-30(53)45-37(41(24)57)39-43(59)28(51)17-32(55)46(39)61(45)20-10-11-23-22-6-2-4-8-35(22)63-36(23)14-20/h1-18H,49-60H2. The Bertz CT molecular complexity index is 3850. The predicted molar refractivity (Wildman–Crippen MR) is 311 cm³/mol. The van der Waals surface area contributed by atoms with Crippen LogP contribution >= 0.6 is 0 Å². The number of rotatable bonds is 4. The van der Waals surface area contributed by atoms with E-state index in [0.29, 0.717) is 0 Å². The van der Waals surface area contributed by atoms with E-state index in [2.05, 4.69) is 206 Å². The summed E-state index contributed by atoms with van der Waals surface area (Å²) in [6, 6.07) is 40.5. The van der Waals surface area contributed by atoms with Gasteiger partial charge in [0, 0.05) is 61.1 Å². The lowest BCUT2D eigenvalue weighted by Gasteiger charge is -2.19. The summed E-state index contributed by atoms with van der Waals surface area (Å²) < 4.78 is 11.6. The maximum atomic E-state index is 6.48. The zero-order valence-electron chi connectivity index (χ0n) is 38.7. The van der Waals surface area contributed by atoms with Gasteiger partial charge in [-0.05, 0) is 57.3 Å². The molecule has 0 spiro atoms. The molecule has 0 unspecified atom stereocenters. The fourth-order valence-electron chi connectivity index (χ4n) is 11.4. The minimum Gasteiger partial charge on any atom is -0.456 e. The zero-order valence-corrected chi connectivity index (χ0v) is 38.7. The van der Waals surface area contributed by atoms with Gasteiger partial charge >= 0.3 is 0 Å². The molecule has 0 radical (unpaired) electrons. The molecule has 3 heterocycles. The van der Waals surface area contributed by atoms with Gasteiger partial charge in [-0.3, -0.25) is 0 Å². The molecule has 0 N–H and O–H groups in total. The average molecular weight is 793 g/mol. The first-order valence-corrected chi connectivity index (χ1v) is 22.4. The monoisotopic (exact) mass is 794 g/mol. The molecule has 63 heavy (non-hydrogen) atoms. The third-order valence-electron chi connectivity index (χ3n) is 14.7. The molecule has 8 aromatic carbocycles. The maximum Gasteiger partial charge on any atom is 0.142 e. The van der Waals surface area contributed by atoms with Crippen LogP contribution in [-0.4, -0.2) is 103 Å². The summed E-state index contributed by atoms with van der Waals surface area (Å²) in [4.78, 5) is 0. The van der Waals surface area contributed by atoms with E-state index in [1.165, 1.54) is 137 Å². The van der Waals surface area contributed by atoms with Gasteiger partial charge in [0.2, 0.25) is 0 Å². The van der Waals surface area contributed by atoms with Crippen molar-refractivity contribution in [1.82, 2.24) is 9.13 Å². The van der Waals surface area contributed by atoms with Crippen molar-refractivity contribution in [3.63, 3.8) is 0 Å². The Balaban J connectivity index is 1.20. The molecule has 0 saturated carbocycles. The van der Waals surface area contributed by atoms with Crippen LogP contribution in [0.2, 0.25) is 0 Å². The number of para-hydroxylation sites is 1. The minimum atomic E-state index is 0.910. The molecule has 11 rings (SSSR count). The summed E-state index contributed by atoms with van der Waals surface area (Å²) in [5, 5.41) is 7.69. The van der Waals surface area contributed by atoms with Gasteiger partial charge in [0.05, 0.1) is 0 Å². The SMILES string of the molecule is Bc1ccccc1-c1ccc(-n2c3c(B)cc(B)c(B)c3c3c(B)c(-c4cc(B)c5c(c4B)c4c(B)c(B)cc(B)c4n5-c4ccc5c(c4)oc4ccccc45)cc(B)c32)c(B)c1. The number of fused-ring (bicyclic) bond motifs is 9. The highest BCUT2D eigenvalue weighted by molar-refractivity contribution is 6.63. The minimum absolute atomic E-state index is 0.910. The summed E-state index contributed by atoms with van der Waals surface area (Å²) in [5.74, 6) is 0. The molecule has 0 aliphatic heterocycles. The van der Waals surface area contributed by atoms with Crippen molar-refractivity contribution in [3.8, 4) is 33.6 Å². The van der Waals surface area contributed by atoms with E-state index in [-0.39, 0.29) is 0 Å². The Morgan fingerprint density at radius 2 is 0.841 bits per heavy atom. The Kier molecular flexibility index (Phi) is 8.98. The number of nitrogens with zero attached hydrogens (tertiary/aromatic N) is 2. The van der Waals surface area contributed by atoms with Crippen LogP contribution in [0.1, 0.15) is 0 Å². The van der Waals surface area contributed by atoms with Gasteiger partial charge in [-0.1, -0.05) is 144 Å². The van der Waals surface area contributed by atoms with Crippen molar-refractivity contribution in [2.24, 2.45) is 0 Å². The molecule has 0 bridgehead atoms. The maximum absolute atomic E-state index is 6.48. The topological polar surface area (TPSA) is 23.0 Å². The number of benzene rings is 8. The lowest BCUT2D eigenvalue weighted by Crippen LogP contribution is -2.32. The summed E-state index contributed by atoms with van der Waals surface area (Å²) in [6.45, 7) is 0. The molecule has 286 valence electrons. The Labute approximate surface area is 379 Å². The third-order valence-corrected chi connectivity index (χ3v) is 14.7. The van der Waals surface area contributed by atoms with Crippen LogP contribution in [0.15, 0.2) is 114 Å². The fourth-order valence-corrected chi connectivity index (χ4v) is 11.4. The van der Waals surface area contributed by atoms with Crippen LogP contribution in [0.3, 0.4) is 0 Å². The Morgan fingerprint density at radius 1 is 0.333 bits per heavy atom. The molecule has 3 nitrogen and oxygen atoms in total. The van der Waals surface area contributed by atoms with E-state index in [9.17, 15) is 0 Å². The van der Waals surface area contributed by atoms with Crippen molar-refractivity contribution < 1.29 is 4.42 Å². The first kappa shape index (κ1) is 39.8. The summed E-state index contributed by atoms with van der Waals surface area (Å²) in [6.07, 6.45) is 0. The van der Waals surface area contributed by atoms with Crippen LogP contribution in [-0.2, 0) is 0 Å². The molecular weight excluding hydrogens is 750 g/mol. The van der Waals surface area contributed by atoms with Crippen molar-refractivity contribution in [2.75, 3.05) is 0 Å². The smallest absolute Gasteiger partial charge is 0.142 e. The highest BCUT2D eigenvalue weighted by Gasteiger charge is 2.26. The lowest BCUT2D eigenvalue weighted by atomic mass is 9.70. The van der Waals surface area contributed by atoms with Gasteiger partial charge in [0.25, 0.3) is 0 Å². The second-order valence-electron chi connectivity index (χ2n) is 18.7. The molecule has 15 heteroatoms. The number of aromatic nitrogens is 2. The van der Waals surface area contributed by atoms with Crippen LogP contribution in [0.4, 0.5) is 0 Å². The predicted octanol–water partition coefficient (Wildman–Crippen LogP) is -7.78. The summed E-state index contributed by atoms with van der Waals surface area (Å²) >= 11 is 0. The third kappa shape index (κ3) is 5.64. The Morgan fingerprint density at radius 3 is 1.43 bits per heavy atom. The normalized spacial score (nSPS) is 11.9. The molecular formula is C48H42B12N2O. The largest absolute Gasteiger partial charge is 0.456 e. The molecule has 0 aliphatic rings. The molecule has 0 atom stereocenters. The molecule has 11 aromatic rings. The van der Waals surface area contributed by atoms with Crippen molar-refractivity contribution in [3.05, 3.63) is 109 Å². The molecule has 0 saturated heterocycles. The first-order chi connectivity index (χ1) is 30.2. The van der Waals surface area contributed by atoms with Crippen molar-refractivity contribution in [2.45, 2.75) is 0 Å². The summed E-state index contributed by atoms with van der Waals surface area (Å²) in [5.41, 5.74) is 30.1. The van der Waals surface area contributed by atoms with E-state index < -0.39 is 0 Å². The first-order valence-electron chi connectivity index (χ1n) is 22.4. The van der Waals surface area contributed by atoms with E-state index in [1.807, 2.05) is 6.07 Å². The van der Waals surface area contributed by atoms with Gasteiger partial charge in [0.1, 0.15) is 105 Å². The molecule has 0 fully saturated rings. The van der Waals surface area contributed by atoms with E-state index in [4.69, 9.17) is 4.42 Å². The highest BCUT2D eigenvalue weighted by Crippen LogP contribution is 2.36. The van der Waals surface area contributed by atoms with Crippen LogP contribution in [0, 0.1) is 0 Å². The molecule has 3 aromatic heterocycles. The van der Waals surface area contributed by atoms with Crippen molar-refractivity contribution >= 4 is 225 Å². The van der Waals surface area contributed by atoms with Crippen LogP contribution in [0.25, 0.3) is 99.2 Å². The fraction of sp³-hybridized carbons (Fsp3) is 0. The highest BCUT2D eigenvalue weighted by atomic mass is 16.3. The number of hydrogen-bond acceptors (Lipinski definition) is 1. The quantitative estimate of drug-likeness (QED) is 0.163. The van der Waals surface area contributed by atoms with E-state index >= 15 is 0 Å². The van der Waals surface area contributed by atoms with Gasteiger partial charge in [-0.25, -0.2) is 0 Å². The average Bonchev–Trinajstić information content (AvgIpc) is 3.94. The van der Waals surface area contributed by atoms with Gasteiger partial charge in [-0.2, -0.15) is 0 Å². The van der Waals surface area contributed by atoms with Gasteiger partial charge < -0.3 is 13.6 Å². The van der Waals surface area contributed by atoms with Crippen LogP contribution in [0.5, 0.6) is 0 Å². The molecule has 0 amide bonds. The van der Waals surface area contributed by atoms with E-state index in [1.54, 1.807) is 0 Å². The Hall–Kier alpha value is -6.06.